The highest BCUT2D eigenvalue weighted by molar-refractivity contribution is 7.92. The van der Waals surface area contributed by atoms with Crippen LogP contribution in [0.3, 0.4) is 0 Å². The van der Waals surface area contributed by atoms with Gasteiger partial charge in [0.1, 0.15) is 5.75 Å². The maximum atomic E-state index is 12.4. The molecular weight excluding hydrogens is 406 g/mol. The van der Waals surface area contributed by atoms with Crippen molar-refractivity contribution in [3.05, 3.63) is 58.7 Å². The van der Waals surface area contributed by atoms with Crippen LogP contribution < -0.4 is 9.04 Å². The van der Waals surface area contributed by atoms with E-state index >= 15 is 0 Å². The number of Topliss-reactive ketones (excluding diaryl/α,β-unsaturated/α-hetero) is 1. The van der Waals surface area contributed by atoms with Crippen LogP contribution in [0.4, 0.5) is 5.69 Å². The van der Waals surface area contributed by atoms with E-state index in [1.165, 1.54) is 10.6 Å². The zero-order chi connectivity index (χ0) is 21.9. The van der Waals surface area contributed by atoms with Crippen molar-refractivity contribution in [3.8, 4) is 5.75 Å². The molecule has 1 aliphatic rings. The highest BCUT2D eigenvalue weighted by Crippen LogP contribution is 2.30. The molecule has 0 spiro atoms. The summed E-state index contributed by atoms with van der Waals surface area (Å²) in [7, 11) is -3.36. The van der Waals surface area contributed by atoms with Crippen molar-refractivity contribution in [2.24, 2.45) is 0 Å². The van der Waals surface area contributed by atoms with Gasteiger partial charge >= 0.3 is 5.97 Å². The molecular formula is C22H25NO6S. The van der Waals surface area contributed by atoms with Crippen LogP contribution in [0.25, 0.3) is 0 Å². The zero-order valence-corrected chi connectivity index (χ0v) is 18.1. The number of esters is 1. The first kappa shape index (κ1) is 21.8. The van der Waals surface area contributed by atoms with Gasteiger partial charge in [-0.05, 0) is 61.6 Å². The molecule has 0 saturated carbocycles. The lowest BCUT2D eigenvalue weighted by molar-refractivity contribution is -0.144. The van der Waals surface area contributed by atoms with Gasteiger partial charge < -0.3 is 9.47 Å². The van der Waals surface area contributed by atoms with Gasteiger partial charge in [0.2, 0.25) is 10.0 Å². The molecule has 30 heavy (non-hydrogen) atoms. The van der Waals surface area contributed by atoms with Crippen LogP contribution in [-0.4, -0.2) is 46.2 Å². The fourth-order valence-electron chi connectivity index (χ4n) is 3.51. The number of hydrogen-bond acceptors (Lipinski definition) is 6. The Balaban J connectivity index is 1.59. The number of para-hydroxylation sites is 1. The zero-order valence-electron chi connectivity index (χ0n) is 17.3. The Hall–Kier alpha value is -2.87. The van der Waals surface area contributed by atoms with Gasteiger partial charge in [-0.1, -0.05) is 18.2 Å². The summed E-state index contributed by atoms with van der Waals surface area (Å²) < 4.78 is 35.8. The first-order valence-electron chi connectivity index (χ1n) is 9.65. The predicted molar refractivity (Wildman–Crippen MR) is 114 cm³/mol. The predicted octanol–water partition coefficient (Wildman–Crippen LogP) is 2.82. The number of anilines is 1. The van der Waals surface area contributed by atoms with E-state index in [1.807, 2.05) is 32.0 Å². The molecule has 0 atom stereocenters. The van der Waals surface area contributed by atoms with Crippen LogP contribution in [0.5, 0.6) is 5.75 Å². The number of carbonyl (C=O) groups is 2. The van der Waals surface area contributed by atoms with Gasteiger partial charge in [0, 0.05) is 12.1 Å². The molecule has 0 amide bonds. The van der Waals surface area contributed by atoms with Gasteiger partial charge in [-0.2, -0.15) is 0 Å². The first-order valence-corrected chi connectivity index (χ1v) is 11.5. The summed E-state index contributed by atoms with van der Waals surface area (Å²) in [6, 6.07) is 10.6. The smallest absolute Gasteiger partial charge is 0.344 e. The summed E-state index contributed by atoms with van der Waals surface area (Å²) >= 11 is 0. The number of benzene rings is 2. The molecule has 0 aliphatic carbocycles. The lowest BCUT2D eigenvalue weighted by atomic mass is 9.99. The molecule has 0 N–H and O–H groups in total. The Labute approximate surface area is 176 Å². The first-order chi connectivity index (χ1) is 14.2. The summed E-state index contributed by atoms with van der Waals surface area (Å²) in [4.78, 5) is 24.4. The summed E-state index contributed by atoms with van der Waals surface area (Å²) in [6.07, 6.45) is 2.54. The number of rotatable bonds is 7. The summed E-state index contributed by atoms with van der Waals surface area (Å²) in [5, 5.41) is 0. The van der Waals surface area contributed by atoms with E-state index in [-0.39, 0.29) is 12.4 Å². The third kappa shape index (κ3) is 4.99. The molecule has 0 saturated heterocycles. The second kappa shape index (κ2) is 8.87. The Bertz CT molecular complexity index is 1060. The van der Waals surface area contributed by atoms with E-state index in [4.69, 9.17) is 9.47 Å². The highest BCUT2D eigenvalue weighted by Gasteiger charge is 2.25. The van der Waals surface area contributed by atoms with Crippen molar-refractivity contribution >= 4 is 27.5 Å². The summed E-state index contributed by atoms with van der Waals surface area (Å²) in [5.41, 5.74) is 3.60. The monoisotopic (exact) mass is 431 g/mol. The Morgan fingerprint density at radius 3 is 2.43 bits per heavy atom. The van der Waals surface area contributed by atoms with Crippen molar-refractivity contribution in [2.75, 3.05) is 30.3 Å². The minimum absolute atomic E-state index is 0.285. The second-order valence-corrected chi connectivity index (χ2v) is 9.28. The molecule has 2 aromatic rings. The molecule has 0 aromatic heterocycles. The number of sulfonamides is 1. The normalized spacial score (nSPS) is 13.5. The van der Waals surface area contributed by atoms with Crippen molar-refractivity contribution in [1.29, 1.82) is 0 Å². The lowest BCUT2D eigenvalue weighted by Crippen LogP contribution is -2.34. The fraction of sp³-hybridized carbons (Fsp3) is 0.364. The summed E-state index contributed by atoms with van der Waals surface area (Å²) in [6.45, 7) is 3.52. The van der Waals surface area contributed by atoms with E-state index in [1.54, 1.807) is 18.2 Å². The molecule has 7 nitrogen and oxygen atoms in total. The quantitative estimate of drug-likeness (QED) is 0.495. The molecule has 3 rings (SSSR count). The van der Waals surface area contributed by atoms with Crippen LogP contribution in [0.2, 0.25) is 0 Å². The Morgan fingerprint density at radius 2 is 1.77 bits per heavy atom. The van der Waals surface area contributed by atoms with Gasteiger partial charge in [0.05, 0.1) is 11.9 Å². The van der Waals surface area contributed by atoms with E-state index in [0.717, 1.165) is 16.7 Å². The van der Waals surface area contributed by atoms with Crippen molar-refractivity contribution in [1.82, 2.24) is 0 Å². The van der Waals surface area contributed by atoms with Crippen LogP contribution in [0, 0.1) is 13.8 Å². The minimum atomic E-state index is -3.36. The molecule has 8 heteroatoms. The number of aryl methyl sites for hydroxylation is 3. The van der Waals surface area contributed by atoms with E-state index in [0.29, 0.717) is 36.4 Å². The number of hydrogen-bond donors (Lipinski definition) is 0. The average molecular weight is 432 g/mol. The summed E-state index contributed by atoms with van der Waals surface area (Å²) in [5.74, 6) is -0.354. The number of carbonyl (C=O) groups excluding carboxylic acids is 2. The highest BCUT2D eigenvalue weighted by atomic mass is 32.2. The van der Waals surface area contributed by atoms with Crippen LogP contribution in [0.15, 0.2) is 36.4 Å². The molecule has 1 aliphatic heterocycles. The van der Waals surface area contributed by atoms with Gasteiger partial charge in [-0.3, -0.25) is 9.10 Å². The number of ketones is 1. The number of fused-ring (bicyclic) bond motifs is 1. The van der Waals surface area contributed by atoms with Crippen LogP contribution in [-0.2, 0) is 26.0 Å². The van der Waals surface area contributed by atoms with Crippen LogP contribution in [0.1, 0.15) is 33.5 Å². The van der Waals surface area contributed by atoms with Crippen molar-refractivity contribution < 1.29 is 27.5 Å². The van der Waals surface area contributed by atoms with Crippen LogP contribution >= 0.6 is 0 Å². The molecule has 160 valence electrons. The molecule has 0 fully saturated rings. The fourth-order valence-corrected chi connectivity index (χ4v) is 4.51. The molecule has 0 radical (unpaired) electrons. The minimum Gasteiger partial charge on any atom is -0.481 e. The van der Waals surface area contributed by atoms with E-state index in [9.17, 15) is 18.0 Å². The molecule has 0 unspecified atom stereocenters. The lowest BCUT2D eigenvalue weighted by Gasteiger charge is -2.29. The maximum Gasteiger partial charge on any atom is 0.344 e. The van der Waals surface area contributed by atoms with Gasteiger partial charge in [-0.15, -0.1) is 0 Å². The maximum absolute atomic E-state index is 12.4. The third-order valence-electron chi connectivity index (χ3n) is 4.99. The van der Waals surface area contributed by atoms with E-state index < -0.39 is 22.6 Å². The second-order valence-electron chi connectivity index (χ2n) is 7.38. The number of nitrogens with zero attached hydrogens (tertiary/aromatic N) is 1. The van der Waals surface area contributed by atoms with Crippen molar-refractivity contribution in [2.45, 2.75) is 26.7 Å². The average Bonchev–Trinajstić information content (AvgIpc) is 2.70. The SMILES string of the molecule is Cc1cccc(C)c1OCC(=O)OCC(=O)c1ccc2c(c1)CCCN2S(C)(=O)=O. The Kier molecular flexibility index (Phi) is 6.45. The third-order valence-corrected chi connectivity index (χ3v) is 6.17. The van der Waals surface area contributed by atoms with Gasteiger partial charge in [0.25, 0.3) is 0 Å². The topological polar surface area (TPSA) is 90.0 Å². The number of ether oxygens (including phenoxy) is 2. The standard InChI is InChI=1S/C22H25NO6S/c1-15-6-4-7-16(2)22(15)29-14-21(25)28-13-20(24)18-9-10-19-17(12-18)8-5-11-23(19)30(3,26)27/h4,6-7,9-10,12H,5,8,11,13-14H2,1-3H3. The Morgan fingerprint density at radius 1 is 1.07 bits per heavy atom. The van der Waals surface area contributed by atoms with Gasteiger partial charge in [-0.25, -0.2) is 13.2 Å². The van der Waals surface area contributed by atoms with Gasteiger partial charge in [0.15, 0.2) is 19.0 Å². The molecule has 2 aromatic carbocycles. The molecule has 1 heterocycles. The largest absolute Gasteiger partial charge is 0.481 e. The van der Waals surface area contributed by atoms with E-state index in [2.05, 4.69) is 0 Å². The van der Waals surface area contributed by atoms with Crippen molar-refractivity contribution in [3.63, 3.8) is 0 Å². The molecule has 0 bridgehead atoms.